The molecule has 0 aromatic rings. The highest BCUT2D eigenvalue weighted by atomic mass is 16.4. The molecule has 0 heterocycles. The molecule has 4 N–H and O–H groups in total. The summed E-state index contributed by atoms with van der Waals surface area (Å²) in [5, 5.41) is 16.3. The fourth-order valence-corrected chi connectivity index (χ4v) is 1.09. The van der Waals surface area contributed by atoms with Crippen molar-refractivity contribution in [1.29, 1.82) is 0 Å². The molecule has 0 aliphatic carbocycles. The summed E-state index contributed by atoms with van der Waals surface area (Å²) in [4.78, 5) is 33.1. The van der Waals surface area contributed by atoms with E-state index in [0.717, 1.165) is 0 Å². The Morgan fingerprint density at radius 2 is 1.63 bits per heavy atom. The highest BCUT2D eigenvalue weighted by Crippen LogP contribution is 1.91. The summed E-state index contributed by atoms with van der Waals surface area (Å²) in [7, 11) is 0. The fourth-order valence-electron chi connectivity index (χ4n) is 1.09. The largest absolute Gasteiger partial charge is 0.481 e. The molecule has 0 bridgehead atoms. The molecule has 0 saturated carbocycles. The third kappa shape index (κ3) is 9.87. The van der Waals surface area contributed by atoms with Crippen LogP contribution in [-0.4, -0.2) is 42.6 Å². The van der Waals surface area contributed by atoms with Crippen LogP contribution in [-0.2, 0) is 9.59 Å². The van der Waals surface area contributed by atoms with Crippen molar-refractivity contribution in [2.45, 2.75) is 27.2 Å². The first-order valence-electron chi connectivity index (χ1n) is 6.34. The lowest BCUT2D eigenvalue weighted by molar-refractivity contribution is -0.140. The number of carboxylic acids is 1. The monoisotopic (exact) mass is 273 g/mol. The maximum Gasteiger partial charge on any atom is 0.314 e. The zero-order chi connectivity index (χ0) is 14.8. The van der Waals surface area contributed by atoms with Crippen molar-refractivity contribution >= 4 is 17.9 Å². The van der Waals surface area contributed by atoms with Crippen molar-refractivity contribution in [3.63, 3.8) is 0 Å². The number of carbonyl (C=O) groups is 3. The van der Waals surface area contributed by atoms with Gasteiger partial charge < -0.3 is 21.1 Å². The highest BCUT2D eigenvalue weighted by Gasteiger charge is 2.11. The smallest absolute Gasteiger partial charge is 0.314 e. The summed E-state index contributed by atoms with van der Waals surface area (Å²) in [6, 6.07) is -0.468. The Balaban J connectivity index is 3.63. The van der Waals surface area contributed by atoms with Crippen LogP contribution in [0.1, 0.15) is 27.2 Å². The average molecular weight is 273 g/mol. The number of aliphatic carboxylic acids is 1. The number of hydrogen-bond donors (Lipinski definition) is 4. The second-order valence-electron chi connectivity index (χ2n) is 4.82. The molecule has 0 aromatic carbocycles. The molecule has 7 heteroatoms. The van der Waals surface area contributed by atoms with Gasteiger partial charge in [-0.3, -0.25) is 9.59 Å². The van der Waals surface area contributed by atoms with Gasteiger partial charge in [-0.2, -0.15) is 0 Å². The summed E-state index contributed by atoms with van der Waals surface area (Å²) in [5.41, 5.74) is 0. The second-order valence-corrected chi connectivity index (χ2v) is 4.82. The zero-order valence-corrected chi connectivity index (χ0v) is 11.7. The third-order valence-electron chi connectivity index (χ3n) is 2.34. The molecule has 1 atom stereocenters. The zero-order valence-electron chi connectivity index (χ0n) is 11.7. The van der Waals surface area contributed by atoms with Gasteiger partial charge in [-0.05, 0) is 5.92 Å². The van der Waals surface area contributed by atoms with Gasteiger partial charge in [0.2, 0.25) is 5.91 Å². The maximum absolute atomic E-state index is 11.3. The Hall–Kier alpha value is -1.79. The van der Waals surface area contributed by atoms with E-state index in [-0.39, 0.29) is 25.4 Å². The molecule has 3 amide bonds. The molecule has 7 nitrogen and oxygen atoms in total. The van der Waals surface area contributed by atoms with Gasteiger partial charge in [-0.15, -0.1) is 0 Å². The van der Waals surface area contributed by atoms with Crippen LogP contribution in [0.3, 0.4) is 0 Å². The standard InChI is InChI=1S/C12H23N3O4/c1-8(2)6-14-10(16)4-5-13-12(19)15-7-9(3)11(17)18/h8-9H,4-7H2,1-3H3,(H,14,16)(H,17,18)(H2,13,15,19). The quantitative estimate of drug-likeness (QED) is 0.505. The lowest BCUT2D eigenvalue weighted by Gasteiger charge is -2.10. The number of hydrogen-bond acceptors (Lipinski definition) is 3. The van der Waals surface area contributed by atoms with Crippen LogP contribution < -0.4 is 16.0 Å². The molecular formula is C12H23N3O4. The first-order chi connectivity index (χ1) is 8.82. The Morgan fingerprint density at radius 1 is 1.00 bits per heavy atom. The predicted octanol–water partition coefficient (Wildman–Crippen LogP) is 0.169. The number of nitrogens with one attached hydrogen (secondary N) is 3. The highest BCUT2D eigenvalue weighted by molar-refractivity contribution is 5.78. The third-order valence-corrected chi connectivity index (χ3v) is 2.34. The van der Waals surface area contributed by atoms with Crippen molar-refractivity contribution in [3.05, 3.63) is 0 Å². The molecule has 0 fully saturated rings. The van der Waals surface area contributed by atoms with E-state index < -0.39 is 17.9 Å². The van der Waals surface area contributed by atoms with Gasteiger partial charge in [-0.1, -0.05) is 20.8 Å². The van der Waals surface area contributed by atoms with E-state index in [9.17, 15) is 14.4 Å². The summed E-state index contributed by atoms with van der Waals surface area (Å²) in [5.74, 6) is -1.33. The van der Waals surface area contributed by atoms with Gasteiger partial charge in [-0.25, -0.2) is 4.79 Å². The van der Waals surface area contributed by atoms with Crippen LogP contribution in [0.15, 0.2) is 0 Å². The van der Waals surface area contributed by atoms with Gasteiger partial charge in [0.25, 0.3) is 0 Å². The Kier molecular flexibility index (Phi) is 8.32. The fraction of sp³-hybridized carbons (Fsp3) is 0.750. The number of rotatable bonds is 8. The van der Waals surface area contributed by atoms with Crippen molar-refractivity contribution in [2.24, 2.45) is 11.8 Å². The van der Waals surface area contributed by atoms with E-state index in [4.69, 9.17) is 5.11 Å². The van der Waals surface area contributed by atoms with Crippen LogP contribution in [0.4, 0.5) is 4.79 Å². The summed E-state index contributed by atoms with van der Waals surface area (Å²) in [6.45, 7) is 6.38. The van der Waals surface area contributed by atoms with Crippen molar-refractivity contribution in [2.75, 3.05) is 19.6 Å². The van der Waals surface area contributed by atoms with Crippen LogP contribution in [0.5, 0.6) is 0 Å². The van der Waals surface area contributed by atoms with Crippen LogP contribution in [0.2, 0.25) is 0 Å². The topological polar surface area (TPSA) is 108 Å². The summed E-state index contributed by atoms with van der Waals surface area (Å²) >= 11 is 0. The van der Waals surface area contributed by atoms with Crippen LogP contribution in [0.25, 0.3) is 0 Å². The number of carboxylic acid groups (broad SMARTS) is 1. The molecule has 19 heavy (non-hydrogen) atoms. The van der Waals surface area contributed by atoms with E-state index in [1.165, 1.54) is 6.92 Å². The van der Waals surface area contributed by atoms with E-state index in [1.807, 2.05) is 13.8 Å². The lowest BCUT2D eigenvalue weighted by atomic mass is 10.2. The van der Waals surface area contributed by atoms with Gasteiger partial charge in [0.15, 0.2) is 0 Å². The first kappa shape index (κ1) is 17.2. The predicted molar refractivity (Wildman–Crippen MR) is 70.7 cm³/mol. The van der Waals surface area contributed by atoms with Crippen LogP contribution in [0, 0.1) is 11.8 Å². The van der Waals surface area contributed by atoms with Crippen molar-refractivity contribution in [3.8, 4) is 0 Å². The van der Waals surface area contributed by atoms with Crippen molar-refractivity contribution < 1.29 is 19.5 Å². The minimum atomic E-state index is -0.964. The Morgan fingerprint density at radius 3 is 2.16 bits per heavy atom. The number of amides is 3. The van der Waals surface area contributed by atoms with E-state index >= 15 is 0 Å². The SMILES string of the molecule is CC(C)CNC(=O)CCNC(=O)NCC(C)C(=O)O. The molecule has 0 aliphatic rings. The normalized spacial score (nSPS) is 11.8. The molecule has 0 rings (SSSR count). The summed E-state index contributed by atoms with van der Waals surface area (Å²) in [6.07, 6.45) is 0.203. The van der Waals surface area contributed by atoms with E-state index in [0.29, 0.717) is 12.5 Å². The van der Waals surface area contributed by atoms with Gasteiger partial charge in [0.1, 0.15) is 0 Å². The van der Waals surface area contributed by atoms with Gasteiger partial charge >= 0.3 is 12.0 Å². The first-order valence-corrected chi connectivity index (χ1v) is 6.34. The molecule has 0 saturated heterocycles. The number of urea groups is 1. The Bertz CT molecular complexity index is 318. The van der Waals surface area contributed by atoms with Crippen LogP contribution >= 0.6 is 0 Å². The molecule has 0 radical (unpaired) electrons. The maximum atomic E-state index is 11.3. The molecule has 0 aliphatic heterocycles. The molecule has 1 unspecified atom stereocenters. The average Bonchev–Trinajstić information content (AvgIpc) is 2.33. The minimum Gasteiger partial charge on any atom is -0.481 e. The summed E-state index contributed by atoms with van der Waals surface area (Å²) < 4.78 is 0. The lowest BCUT2D eigenvalue weighted by Crippen LogP contribution is -2.40. The molecular weight excluding hydrogens is 250 g/mol. The van der Waals surface area contributed by atoms with Crippen molar-refractivity contribution in [1.82, 2.24) is 16.0 Å². The van der Waals surface area contributed by atoms with Gasteiger partial charge in [0, 0.05) is 26.1 Å². The van der Waals surface area contributed by atoms with Gasteiger partial charge in [0.05, 0.1) is 5.92 Å². The Labute approximate surface area is 113 Å². The minimum absolute atomic E-state index is 0.0563. The van der Waals surface area contributed by atoms with E-state index in [2.05, 4.69) is 16.0 Å². The van der Waals surface area contributed by atoms with E-state index in [1.54, 1.807) is 0 Å². The molecule has 110 valence electrons. The number of carbonyl (C=O) groups excluding carboxylic acids is 2. The molecule has 0 spiro atoms. The molecule has 0 aromatic heterocycles. The second kappa shape index (κ2) is 9.18.